The quantitative estimate of drug-likeness (QED) is 0.700. The summed E-state index contributed by atoms with van der Waals surface area (Å²) in [5.41, 5.74) is 3.88. The van der Waals surface area contributed by atoms with E-state index in [2.05, 4.69) is 4.72 Å². The Morgan fingerprint density at radius 3 is 2.16 bits per heavy atom. The number of halogens is 1. The van der Waals surface area contributed by atoms with Gasteiger partial charge in [-0.3, -0.25) is 0 Å². The molecule has 25 heavy (non-hydrogen) atoms. The zero-order valence-electron chi connectivity index (χ0n) is 13.7. The third-order valence-corrected chi connectivity index (χ3v) is 5.68. The van der Waals surface area contributed by atoms with Crippen LogP contribution in [0.1, 0.15) is 11.1 Å². The first kappa shape index (κ1) is 17.7. The highest BCUT2D eigenvalue weighted by Crippen LogP contribution is 2.21. The normalized spacial score (nSPS) is 11.4. The molecular weight excluding hydrogens is 354 g/mol. The average Bonchev–Trinajstić information content (AvgIpc) is 2.62. The molecule has 0 aliphatic rings. The van der Waals surface area contributed by atoms with Crippen LogP contribution in [0.3, 0.4) is 0 Å². The maximum atomic E-state index is 12.5. The fourth-order valence-corrected chi connectivity index (χ4v) is 3.80. The molecule has 3 aromatic rings. The van der Waals surface area contributed by atoms with E-state index in [0.717, 1.165) is 22.3 Å². The molecule has 0 aliphatic heterocycles. The molecule has 0 saturated carbocycles. The minimum Gasteiger partial charge on any atom is -0.207 e. The topological polar surface area (TPSA) is 46.2 Å². The van der Waals surface area contributed by atoms with Crippen molar-refractivity contribution >= 4 is 21.6 Å². The second-order valence-corrected chi connectivity index (χ2v) is 7.99. The second-order valence-electron chi connectivity index (χ2n) is 5.79. The summed E-state index contributed by atoms with van der Waals surface area (Å²) >= 11 is 5.93. The molecule has 1 N–H and O–H groups in total. The fraction of sp³-hybridized carbons (Fsp3) is 0.100. The van der Waals surface area contributed by atoms with Gasteiger partial charge in [0.1, 0.15) is 0 Å². The van der Waals surface area contributed by atoms with Crippen molar-refractivity contribution in [2.45, 2.75) is 18.4 Å². The van der Waals surface area contributed by atoms with E-state index in [1.165, 1.54) is 0 Å². The highest BCUT2D eigenvalue weighted by molar-refractivity contribution is 7.89. The van der Waals surface area contributed by atoms with Crippen molar-refractivity contribution < 1.29 is 8.42 Å². The lowest BCUT2D eigenvalue weighted by atomic mass is 10.1. The van der Waals surface area contributed by atoms with Crippen LogP contribution in [0.4, 0.5) is 0 Å². The lowest BCUT2D eigenvalue weighted by Crippen LogP contribution is -2.23. The Morgan fingerprint density at radius 1 is 0.880 bits per heavy atom. The van der Waals surface area contributed by atoms with Crippen LogP contribution in [0.2, 0.25) is 5.02 Å². The van der Waals surface area contributed by atoms with Crippen molar-refractivity contribution in [3.63, 3.8) is 0 Å². The first-order valence-corrected chi connectivity index (χ1v) is 9.72. The minimum atomic E-state index is -3.57. The molecule has 0 aromatic heterocycles. The summed E-state index contributed by atoms with van der Waals surface area (Å²) in [6, 6.07) is 22.1. The van der Waals surface area contributed by atoms with E-state index in [1.807, 2.05) is 61.5 Å². The maximum Gasteiger partial charge on any atom is 0.240 e. The van der Waals surface area contributed by atoms with Gasteiger partial charge in [-0.15, -0.1) is 0 Å². The third kappa shape index (κ3) is 4.28. The Kier molecular flexibility index (Phi) is 5.23. The fourth-order valence-electron chi connectivity index (χ4n) is 2.57. The Morgan fingerprint density at radius 2 is 1.52 bits per heavy atom. The van der Waals surface area contributed by atoms with Gasteiger partial charge in [0.05, 0.1) is 4.90 Å². The predicted octanol–water partition coefficient (Wildman–Crippen LogP) is 4.79. The Labute approximate surface area is 153 Å². The first-order chi connectivity index (χ1) is 12.0. The molecule has 3 aromatic carbocycles. The zero-order chi connectivity index (χ0) is 17.9. The summed E-state index contributed by atoms with van der Waals surface area (Å²) in [5, 5.41) is 0.639. The number of sulfonamides is 1. The molecule has 3 nitrogen and oxygen atoms in total. The third-order valence-electron chi connectivity index (χ3n) is 4.03. The van der Waals surface area contributed by atoms with E-state index < -0.39 is 10.0 Å². The Hall–Kier alpha value is -2.14. The van der Waals surface area contributed by atoms with Gasteiger partial charge in [0.25, 0.3) is 0 Å². The van der Waals surface area contributed by atoms with Crippen LogP contribution < -0.4 is 4.72 Å². The van der Waals surface area contributed by atoms with E-state index >= 15 is 0 Å². The molecule has 0 amide bonds. The monoisotopic (exact) mass is 371 g/mol. The van der Waals surface area contributed by atoms with Gasteiger partial charge in [0.2, 0.25) is 10.0 Å². The summed E-state index contributed by atoms with van der Waals surface area (Å²) in [4.78, 5) is 0.249. The van der Waals surface area contributed by atoms with Crippen LogP contribution in [0.15, 0.2) is 77.7 Å². The van der Waals surface area contributed by atoms with Gasteiger partial charge < -0.3 is 0 Å². The van der Waals surface area contributed by atoms with E-state index in [9.17, 15) is 8.42 Å². The number of benzene rings is 3. The van der Waals surface area contributed by atoms with Gasteiger partial charge in [0.15, 0.2) is 0 Å². The maximum absolute atomic E-state index is 12.5. The van der Waals surface area contributed by atoms with E-state index in [4.69, 9.17) is 11.6 Å². The molecule has 0 unspecified atom stereocenters. The van der Waals surface area contributed by atoms with Crippen molar-refractivity contribution in [3.05, 3.63) is 88.9 Å². The van der Waals surface area contributed by atoms with Gasteiger partial charge >= 0.3 is 0 Å². The van der Waals surface area contributed by atoms with Gasteiger partial charge in [0, 0.05) is 11.6 Å². The summed E-state index contributed by atoms with van der Waals surface area (Å²) in [6.45, 7) is 2.13. The van der Waals surface area contributed by atoms with Crippen LogP contribution in [0.5, 0.6) is 0 Å². The van der Waals surface area contributed by atoms with E-state index in [1.54, 1.807) is 18.2 Å². The van der Waals surface area contributed by atoms with Crippen molar-refractivity contribution in [2.24, 2.45) is 0 Å². The van der Waals surface area contributed by atoms with Crippen LogP contribution in [-0.4, -0.2) is 8.42 Å². The molecule has 0 heterocycles. The van der Waals surface area contributed by atoms with Gasteiger partial charge in [-0.05, 0) is 53.4 Å². The molecule has 3 rings (SSSR count). The van der Waals surface area contributed by atoms with E-state index in [-0.39, 0.29) is 11.4 Å². The van der Waals surface area contributed by atoms with Gasteiger partial charge in [-0.25, -0.2) is 13.1 Å². The summed E-state index contributed by atoms with van der Waals surface area (Å²) in [5.74, 6) is 0. The van der Waals surface area contributed by atoms with Gasteiger partial charge in [-0.1, -0.05) is 60.1 Å². The number of rotatable bonds is 5. The van der Waals surface area contributed by atoms with Crippen LogP contribution >= 0.6 is 11.6 Å². The van der Waals surface area contributed by atoms with Crippen molar-refractivity contribution in [1.82, 2.24) is 4.72 Å². The SMILES string of the molecule is Cc1cc(Cl)ccc1CNS(=O)(=O)c1ccc(-c2ccccc2)cc1. The molecule has 0 atom stereocenters. The number of hydrogen-bond donors (Lipinski definition) is 1. The molecule has 0 bridgehead atoms. The first-order valence-electron chi connectivity index (χ1n) is 7.86. The average molecular weight is 372 g/mol. The molecule has 0 saturated heterocycles. The van der Waals surface area contributed by atoms with Crippen molar-refractivity contribution in [3.8, 4) is 11.1 Å². The predicted molar refractivity (Wildman–Crippen MR) is 102 cm³/mol. The highest BCUT2D eigenvalue weighted by Gasteiger charge is 2.14. The zero-order valence-corrected chi connectivity index (χ0v) is 15.3. The van der Waals surface area contributed by atoms with Crippen LogP contribution in [-0.2, 0) is 16.6 Å². The largest absolute Gasteiger partial charge is 0.240 e. The molecule has 0 aliphatic carbocycles. The highest BCUT2D eigenvalue weighted by atomic mass is 35.5. The summed E-state index contributed by atoms with van der Waals surface area (Å²) in [7, 11) is -3.57. The van der Waals surface area contributed by atoms with Gasteiger partial charge in [-0.2, -0.15) is 0 Å². The molecular formula is C20H18ClNO2S. The second kappa shape index (κ2) is 7.40. The van der Waals surface area contributed by atoms with Crippen LogP contribution in [0.25, 0.3) is 11.1 Å². The summed E-state index contributed by atoms with van der Waals surface area (Å²) in [6.07, 6.45) is 0. The molecule has 0 spiro atoms. The minimum absolute atomic E-state index is 0.228. The Balaban J connectivity index is 1.76. The molecule has 0 radical (unpaired) electrons. The molecule has 5 heteroatoms. The van der Waals surface area contributed by atoms with Crippen molar-refractivity contribution in [1.29, 1.82) is 0 Å². The molecule has 0 fully saturated rings. The lowest BCUT2D eigenvalue weighted by Gasteiger charge is -2.10. The smallest absolute Gasteiger partial charge is 0.207 e. The summed E-state index contributed by atoms with van der Waals surface area (Å²) < 4.78 is 27.6. The van der Waals surface area contributed by atoms with Crippen molar-refractivity contribution in [2.75, 3.05) is 0 Å². The number of aryl methyl sites for hydroxylation is 1. The Bertz CT molecular complexity index is 968. The van der Waals surface area contributed by atoms with E-state index in [0.29, 0.717) is 5.02 Å². The number of hydrogen-bond acceptors (Lipinski definition) is 2. The lowest BCUT2D eigenvalue weighted by molar-refractivity contribution is 0.581. The standard InChI is InChI=1S/C20H18ClNO2S/c1-15-13-19(21)10-7-18(15)14-22-25(23,24)20-11-8-17(9-12-20)16-5-3-2-4-6-16/h2-13,22H,14H2,1H3. The van der Waals surface area contributed by atoms with Crippen LogP contribution in [0, 0.1) is 6.92 Å². The number of nitrogens with one attached hydrogen (secondary N) is 1. The molecule has 128 valence electrons.